The third-order valence-corrected chi connectivity index (χ3v) is 3.74. The maximum absolute atomic E-state index is 6.08. The van der Waals surface area contributed by atoms with Crippen LogP contribution in [0.1, 0.15) is 36.6 Å². The normalized spacial score (nSPS) is 27.5. The van der Waals surface area contributed by atoms with Crippen molar-refractivity contribution in [1.29, 1.82) is 0 Å². The van der Waals surface area contributed by atoms with Crippen molar-refractivity contribution in [1.82, 2.24) is 0 Å². The SMILES string of the molecule is Cc1cc(C2=CCC(C)(N)CC2)cs1. The summed E-state index contributed by atoms with van der Waals surface area (Å²) in [7, 11) is 0. The molecule has 1 unspecified atom stereocenters. The maximum atomic E-state index is 6.08. The van der Waals surface area contributed by atoms with Crippen LogP contribution in [0.4, 0.5) is 0 Å². The molecule has 2 rings (SSSR count). The Hall–Kier alpha value is -0.600. The molecule has 0 bridgehead atoms. The molecule has 1 heterocycles. The summed E-state index contributed by atoms with van der Waals surface area (Å²) < 4.78 is 0. The fourth-order valence-electron chi connectivity index (χ4n) is 1.85. The van der Waals surface area contributed by atoms with Gasteiger partial charge in [0.05, 0.1) is 0 Å². The molecule has 1 aromatic heterocycles. The second-order valence-electron chi connectivity index (χ2n) is 4.53. The number of allylic oxidation sites excluding steroid dienone is 1. The molecule has 14 heavy (non-hydrogen) atoms. The zero-order valence-corrected chi connectivity index (χ0v) is 9.66. The molecule has 0 spiro atoms. The fourth-order valence-corrected chi connectivity index (χ4v) is 2.58. The topological polar surface area (TPSA) is 26.0 Å². The van der Waals surface area contributed by atoms with Crippen molar-refractivity contribution >= 4 is 16.9 Å². The van der Waals surface area contributed by atoms with Crippen LogP contribution in [0.3, 0.4) is 0 Å². The fraction of sp³-hybridized carbons (Fsp3) is 0.500. The van der Waals surface area contributed by atoms with Crippen molar-refractivity contribution in [3.63, 3.8) is 0 Å². The van der Waals surface area contributed by atoms with Crippen LogP contribution < -0.4 is 5.73 Å². The van der Waals surface area contributed by atoms with E-state index in [0.717, 1.165) is 19.3 Å². The highest BCUT2D eigenvalue weighted by Crippen LogP contribution is 2.32. The van der Waals surface area contributed by atoms with Crippen molar-refractivity contribution in [3.05, 3.63) is 28.0 Å². The molecule has 0 amide bonds. The molecule has 1 atom stereocenters. The summed E-state index contributed by atoms with van der Waals surface area (Å²) in [5.74, 6) is 0. The number of aryl methyl sites for hydroxylation is 1. The van der Waals surface area contributed by atoms with Gasteiger partial charge in [-0.1, -0.05) is 6.08 Å². The van der Waals surface area contributed by atoms with E-state index >= 15 is 0 Å². The molecule has 2 N–H and O–H groups in total. The lowest BCUT2D eigenvalue weighted by atomic mass is 9.83. The number of nitrogens with two attached hydrogens (primary N) is 1. The van der Waals surface area contributed by atoms with Crippen LogP contribution in [-0.4, -0.2) is 5.54 Å². The standard InChI is InChI=1S/C12H17NS/c1-9-7-11(8-14-9)10-3-5-12(2,13)6-4-10/h3,7-8H,4-6,13H2,1-2H3. The minimum atomic E-state index is 0.0224. The Morgan fingerprint density at radius 1 is 1.50 bits per heavy atom. The number of hydrogen-bond acceptors (Lipinski definition) is 2. The van der Waals surface area contributed by atoms with E-state index in [1.54, 1.807) is 0 Å². The quantitative estimate of drug-likeness (QED) is 0.751. The lowest BCUT2D eigenvalue weighted by molar-refractivity contribution is 0.432. The first-order valence-corrected chi connectivity index (χ1v) is 5.98. The summed E-state index contributed by atoms with van der Waals surface area (Å²) in [4.78, 5) is 1.39. The first-order chi connectivity index (χ1) is 6.57. The van der Waals surface area contributed by atoms with E-state index in [2.05, 4.69) is 31.4 Å². The summed E-state index contributed by atoms with van der Waals surface area (Å²) in [6.07, 6.45) is 5.55. The first kappa shape index (κ1) is 9.94. The van der Waals surface area contributed by atoms with Gasteiger partial charge in [-0.25, -0.2) is 0 Å². The highest BCUT2D eigenvalue weighted by atomic mass is 32.1. The van der Waals surface area contributed by atoms with Crippen LogP contribution >= 0.6 is 11.3 Å². The lowest BCUT2D eigenvalue weighted by Crippen LogP contribution is -2.36. The summed E-state index contributed by atoms with van der Waals surface area (Å²) in [5, 5.41) is 2.25. The molecule has 0 saturated carbocycles. The number of thiophene rings is 1. The van der Waals surface area contributed by atoms with Crippen molar-refractivity contribution in [2.24, 2.45) is 5.73 Å². The van der Waals surface area contributed by atoms with Crippen LogP contribution in [0, 0.1) is 6.92 Å². The Labute approximate surface area is 89.6 Å². The van der Waals surface area contributed by atoms with Crippen LogP contribution in [-0.2, 0) is 0 Å². The van der Waals surface area contributed by atoms with Gasteiger partial charge in [0, 0.05) is 10.4 Å². The minimum Gasteiger partial charge on any atom is -0.325 e. The van der Waals surface area contributed by atoms with Crippen molar-refractivity contribution in [2.45, 2.75) is 38.6 Å². The van der Waals surface area contributed by atoms with Crippen LogP contribution in [0.15, 0.2) is 17.5 Å². The molecule has 2 heteroatoms. The molecule has 0 aromatic carbocycles. The van der Waals surface area contributed by atoms with Gasteiger partial charge in [-0.05, 0) is 55.7 Å². The highest BCUT2D eigenvalue weighted by Gasteiger charge is 2.22. The Kier molecular flexibility index (Phi) is 2.50. The van der Waals surface area contributed by atoms with E-state index in [1.165, 1.54) is 16.0 Å². The van der Waals surface area contributed by atoms with E-state index in [-0.39, 0.29) is 5.54 Å². The van der Waals surface area contributed by atoms with Gasteiger partial charge in [-0.15, -0.1) is 11.3 Å². The zero-order valence-electron chi connectivity index (χ0n) is 8.84. The van der Waals surface area contributed by atoms with Crippen molar-refractivity contribution < 1.29 is 0 Å². The minimum absolute atomic E-state index is 0.0224. The summed E-state index contributed by atoms with van der Waals surface area (Å²) in [6, 6.07) is 2.27. The van der Waals surface area contributed by atoms with E-state index < -0.39 is 0 Å². The third kappa shape index (κ3) is 2.07. The molecule has 1 aliphatic carbocycles. The second kappa shape index (κ2) is 3.52. The Balaban J connectivity index is 2.18. The van der Waals surface area contributed by atoms with Gasteiger partial charge >= 0.3 is 0 Å². The monoisotopic (exact) mass is 207 g/mol. The molecule has 0 aliphatic heterocycles. The smallest absolute Gasteiger partial charge is 0.0163 e. The van der Waals surface area contributed by atoms with E-state index in [4.69, 9.17) is 5.73 Å². The Morgan fingerprint density at radius 3 is 2.79 bits per heavy atom. The van der Waals surface area contributed by atoms with Crippen LogP contribution in [0.5, 0.6) is 0 Å². The summed E-state index contributed by atoms with van der Waals surface area (Å²) in [5.41, 5.74) is 8.99. The summed E-state index contributed by atoms with van der Waals surface area (Å²) >= 11 is 1.83. The molecule has 0 saturated heterocycles. The molecular formula is C12H17NS. The van der Waals surface area contributed by atoms with Gasteiger partial charge in [0.2, 0.25) is 0 Å². The largest absolute Gasteiger partial charge is 0.325 e. The van der Waals surface area contributed by atoms with Crippen molar-refractivity contribution in [3.8, 4) is 0 Å². The van der Waals surface area contributed by atoms with E-state index in [9.17, 15) is 0 Å². The highest BCUT2D eigenvalue weighted by molar-refractivity contribution is 7.10. The van der Waals surface area contributed by atoms with Crippen molar-refractivity contribution in [2.75, 3.05) is 0 Å². The van der Waals surface area contributed by atoms with Gasteiger partial charge in [-0.3, -0.25) is 0 Å². The van der Waals surface area contributed by atoms with Gasteiger partial charge in [0.25, 0.3) is 0 Å². The molecule has 1 aliphatic rings. The molecule has 76 valence electrons. The summed E-state index contributed by atoms with van der Waals surface area (Å²) in [6.45, 7) is 4.30. The van der Waals surface area contributed by atoms with Crippen LogP contribution in [0.2, 0.25) is 0 Å². The number of rotatable bonds is 1. The van der Waals surface area contributed by atoms with Crippen LogP contribution in [0.25, 0.3) is 5.57 Å². The Morgan fingerprint density at radius 2 is 2.29 bits per heavy atom. The maximum Gasteiger partial charge on any atom is 0.0163 e. The van der Waals surface area contributed by atoms with Gasteiger partial charge in [-0.2, -0.15) is 0 Å². The molecule has 0 fully saturated rings. The van der Waals surface area contributed by atoms with Gasteiger partial charge in [0.1, 0.15) is 0 Å². The van der Waals surface area contributed by atoms with E-state index in [0.29, 0.717) is 0 Å². The predicted molar refractivity (Wildman–Crippen MR) is 63.5 cm³/mol. The zero-order chi connectivity index (χ0) is 10.2. The van der Waals surface area contributed by atoms with E-state index in [1.807, 2.05) is 11.3 Å². The molecule has 1 aromatic rings. The average Bonchev–Trinajstić information content (AvgIpc) is 2.52. The molecule has 0 radical (unpaired) electrons. The average molecular weight is 207 g/mol. The van der Waals surface area contributed by atoms with Gasteiger partial charge in [0.15, 0.2) is 0 Å². The number of hydrogen-bond donors (Lipinski definition) is 1. The first-order valence-electron chi connectivity index (χ1n) is 5.10. The Bertz CT molecular complexity index is 360. The third-order valence-electron chi connectivity index (χ3n) is 2.88. The molecular weight excluding hydrogens is 190 g/mol. The second-order valence-corrected chi connectivity index (χ2v) is 5.65. The molecule has 1 nitrogen and oxygen atoms in total. The lowest BCUT2D eigenvalue weighted by Gasteiger charge is -2.28. The predicted octanol–water partition coefficient (Wildman–Crippen LogP) is 3.34. The van der Waals surface area contributed by atoms with Gasteiger partial charge < -0.3 is 5.73 Å².